The Morgan fingerprint density at radius 1 is 1.04 bits per heavy atom. The van der Waals surface area contributed by atoms with E-state index in [2.05, 4.69) is 15.2 Å². The SMILES string of the molecule is O=C(CNS(=O)(=O)c1ccc(Cl)cc1)N/N=C\c1c(Cl)cccc1Cl. The van der Waals surface area contributed by atoms with E-state index in [4.69, 9.17) is 34.8 Å². The third kappa shape index (κ3) is 5.69. The third-order valence-electron chi connectivity index (χ3n) is 2.93. The molecule has 0 aliphatic heterocycles. The second kappa shape index (κ2) is 8.64. The van der Waals surface area contributed by atoms with Gasteiger partial charge < -0.3 is 0 Å². The molecule has 0 spiro atoms. The molecule has 0 fully saturated rings. The van der Waals surface area contributed by atoms with Gasteiger partial charge in [0, 0.05) is 10.6 Å². The summed E-state index contributed by atoms with van der Waals surface area (Å²) in [5.41, 5.74) is 2.62. The minimum absolute atomic E-state index is 0.00366. The van der Waals surface area contributed by atoms with Crippen LogP contribution in [0.1, 0.15) is 5.56 Å². The van der Waals surface area contributed by atoms with Crippen LogP contribution in [0.25, 0.3) is 0 Å². The highest BCUT2D eigenvalue weighted by molar-refractivity contribution is 7.89. The summed E-state index contributed by atoms with van der Waals surface area (Å²) in [7, 11) is -3.83. The van der Waals surface area contributed by atoms with Gasteiger partial charge >= 0.3 is 0 Å². The number of hydrogen-bond acceptors (Lipinski definition) is 4. The predicted octanol–water partition coefficient (Wildman–Crippen LogP) is 3.08. The zero-order valence-electron chi connectivity index (χ0n) is 12.5. The van der Waals surface area contributed by atoms with E-state index in [-0.39, 0.29) is 4.90 Å². The Balaban J connectivity index is 1.92. The lowest BCUT2D eigenvalue weighted by molar-refractivity contribution is -0.119. The van der Waals surface area contributed by atoms with Crippen molar-refractivity contribution in [3.63, 3.8) is 0 Å². The molecule has 6 nitrogen and oxygen atoms in total. The molecule has 2 rings (SSSR count). The van der Waals surface area contributed by atoms with Gasteiger partial charge in [0.25, 0.3) is 5.91 Å². The van der Waals surface area contributed by atoms with Crippen LogP contribution in [0.3, 0.4) is 0 Å². The van der Waals surface area contributed by atoms with Crippen molar-refractivity contribution < 1.29 is 13.2 Å². The minimum Gasteiger partial charge on any atom is -0.272 e. The molecule has 1 amide bonds. The third-order valence-corrected chi connectivity index (χ3v) is 5.26. The lowest BCUT2D eigenvalue weighted by Gasteiger charge is -2.06. The lowest BCUT2D eigenvalue weighted by atomic mass is 10.2. The molecule has 0 aliphatic rings. The van der Waals surface area contributed by atoms with Crippen LogP contribution < -0.4 is 10.1 Å². The van der Waals surface area contributed by atoms with Crippen LogP contribution in [0, 0.1) is 0 Å². The Morgan fingerprint density at radius 3 is 2.24 bits per heavy atom. The summed E-state index contributed by atoms with van der Waals surface area (Å²) in [6, 6.07) is 10.5. The summed E-state index contributed by atoms with van der Waals surface area (Å²) in [5.74, 6) is -0.656. The van der Waals surface area contributed by atoms with Crippen molar-refractivity contribution in [3.8, 4) is 0 Å². The maximum atomic E-state index is 12.0. The molecule has 2 aromatic rings. The van der Waals surface area contributed by atoms with Crippen molar-refractivity contribution in [2.45, 2.75) is 4.90 Å². The number of carbonyl (C=O) groups is 1. The van der Waals surface area contributed by atoms with E-state index in [1.807, 2.05) is 0 Å². The van der Waals surface area contributed by atoms with Crippen molar-refractivity contribution in [1.29, 1.82) is 0 Å². The van der Waals surface area contributed by atoms with E-state index in [9.17, 15) is 13.2 Å². The molecule has 0 saturated heterocycles. The zero-order chi connectivity index (χ0) is 18.4. The van der Waals surface area contributed by atoms with Crippen LogP contribution in [0.15, 0.2) is 52.5 Å². The number of hydrazone groups is 1. The monoisotopic (exact) mass is 419 g/mol. The van der Waals surface area contributed by atoms with Crippen LogP contribution in [0.2, 0.25) is 15.1 Å². The number of amides is 1. The molecule has 0 atom stereocenters. The van der Waals surface area contributed by atoms with Crippen LogP contribution in [-0.4, -0.2) is 27.1 Å². The first-order valence-electron chi connectivity index (χ1n) is 6.81. The maximum absolute atomic E-state index is 12.0. The quantitative estimate of drug-likeness (QED) is 0.556. The van der Waals surface area contributed by atoms with E-state index in [0.717, 1.165) is 0 Å². The maximum Gasteiger partial charge on any atom is 0.255 e. The van der Waals surface area contributed by atoms with Gasteiger partial charge in [-0.05, 0) is 36.4 Å². The van der Waals surface area contributed by atoms with Gasteiger partial charge in [-0.25, -0.2) is 18.6 Å². The molecule has 0 radical (unpaired) electrons. The first-order chi connectivity index (χ1) is 11.8. The molecule has 0 aliphatic carbocycles. The number of nitrogens with one attached hydrogen (secondary N) is 2. The van der Waals surface area contributed by atoms with Crippen LogP contribution >= 0.6 is 34.8 Å². The second-order valence-electron chi connectivity index (χ2n) is 4.71. The molecular weight excluding hydrogens is 409 g/mol. The Bertz CT molecular complexity index is 880. The topological polar surface area (TPSA) is 87.6 Å². The van der Waals surface area contributed by atoms with Crippen molar-refractivity contribution in [1.82, 2.24) is 10.1 Å². The standard InChI is InChI=1S/C15H12Cl3N3O3S/c16-10-4-6-11(7-5-10)25(23,24)20-9-15(22)21-19-8-12-13(17)2-1-3-14(12)18/h1-8,20H,9H2,(H,21,22)/b19-8-. The summed E-state index contributed by atoms with van der Waals surface area (Å²) >= 11 is 17.6. The van der Waals surface area contributed by atoms with Crippen LogP contribution in [-0.2, 0) is 14.8 Å². The van der Waals surface area contributed by atoms with Crippen molar-refractivity contribution >= 4 is 56.9 Å². The summed E-state index contributed by atoms with van der Waals surface area (Å²) in [5, 5.41) is 4.85. The normalized spacial score (nSPS) is 11.6. The van der Waals surface area contributed by atoms with Gasteiger partial charge in [0.2, 0.25) is 10.0 Å². The van der Waals surface area contributed by atoms with Crippen molar-refractivity contribution in [3.05, 3.63) is 63.1 Å². The van der Waals surface area contributed by atoms with E-state index in [1.165, 1.54) is 30.5 Å². The van der Waals surface area contributed by atoms with E-state index >= 15 is 0 Å². The summed E-state index contributed by atoms with van der Waals surface area (Å²) < 4.78 is 26.2. The fourth-order valence-electron chi connectivity index (χ4n) is 1.70. The zero-order valence-corrected chi connectivity index (χ0v) is 15.6. The Labute approximate surface area is 159 Å². The fourth-order valence-corrected chi connectivity index (χ4v) is 3.30. The molecule has 2 N–H and O–H groups in total. The number of benzene rings is 2. The Kier molecular flexibility index (Phi) is 6.80. The predicted molar refractivity (Wildman–Crippen MR) is 98.8 cm³/mol. The van der Waals surface area contributed by atoms with Gasteiger partial charge in [-0.3, -0.25) is 4.79 Å². The highest BCUT2D eigenvalue weighted by Gasteiger charge is 2.15. The molecule has 132 valence electrons. The summed E-state index contributed by atoms with van der Waals surface area (Å²) in [6.45, 7) is -0.488. The fraction of sp³-hybridized carbons (Fsp3) is 0.0667. The van der Waals surface area contributed by atoms with Gasteiger partial charge in [-0.15, -0.1) is 0 Å². The molecular formula is C15H12Cl3N3O3S. The first kappa shape index (κ1) is 19.7. The van der Waals surface area contributed by atoms with Gasteiger partial charge in [0.05, 0.1) is 27.7 Å². The minimum atomic E-state index is -3.83. The highest BCUT2D eigenvalue weighted by Crippen LogP contribution is 2.22. The van der Waals surface area contributed by atoms with Crippen molar-refractivity contribution in [2.24, 2.45) is 5.10 Å². The van der Waals surface area contributed by atoms with Crippen LogP contribution in [0.4, 0.5) is 0 Å². The smallest absolute Gasteiger partial charge is 0.255 e. The number of halogens is 3. The number of carbonyl (C=O) groups excluding carboxylic acids is 1. The van der Waals surface area contributed by atoms with Crippen molar-refractivity contribution in [2.75, 3.05) is 6.54 Å². The molecule has 0 saturated carbocycles. The summed E-state index contributed by atoms with van der Waals surface area (Å²) in [4.78, 5) is 11.7. The molecule has 0 aromatic heterocycles. The first-order valence-corrected chi connectivity index (χ1v) is 9.42. The largest absolute Gasteiger partial charge is 0.272 e. The number of nitrogens with zero attached hydrogens (tertiary/aromatic N) is 1. The average molecular weight is 421 g/mol. The lowest BCUT2D eigenvalue weighted by Crippen LogP contribution is -2.34. The molecule has 0 heterocycles. The van der Waals surface area contributed by atoms with Crippen LogP contribution in [0.5, 0.6) is 0 Å². The number of sulfonamides is 1. The Hall–Kier alpha value is -1.64. The highest BCUT2D eigenvalue weighted by atomic mass is 35.5. The molecule has 2 aromatic carbocycles. The molecule has 25 heavy (non-hydrogen) atoms. The second-order valence-corrected chi connectivity index (χ2v) is 7.72. The van der Waals surface area contributed by atoms with E-state index in [0.29, 0.717) is 20.6 Å². The van der Waals surface area contributed by atoms with Gasteiger partial charge in [0.15, 0.2) is 0 Å². The number of rotatable bonds is 6. The Morgan fingerprint density at radius 2 is 1.64 bits per heavy atom. The van der Waals surface area contributed by atoms with Gasteiger partial charge in [-0.2, -0.15) is 5.10 Å². The summed E-state index contributed by atoms with van der Waals surface area (Å²) in [6.07, 6.45) is 1.27. The average Bonchev–Trinajstić information content (AvgIpc) is 2.56. The number of hydrogen-bond donors (Lipinski definition) is 2. The molecule has 0 unspecified atom stereocenters. The van der Waals surface area contributed by atoms with Gasteiger partial charge in [0.1, 0.15) is 0 Å². The molecule has 10 heteroatoms. The van der Waals surface area contributed by atoms with E-state index < -0.39 is 22.5 Å². The van der Waals surface area contributed by atoms with Gasteiger partial charge in [-0.1, -0.05) is 40.9 Å². The molecule has 0 bridgehead atoms. The van der Waals surface area contributed by atoms with E-state index in [1.54, 1.807) is 18.2 Å².